The summed E-state index contributed by atoms with van der Waals surface area (Å²) in [4.78, 5) is 27.2. The molecule has 1 unspecified atom stereocenters. The molecule has 0 radical (unpaired) electrons. The van der Waals surface area contributed by atoms with Crippen LogP contribution in [0.3, 0.4) is 0 Å². The highest BCUT2D eigenvalue weighted by Crippen LogP contribution is 2.40. The van der Waals surface area contributed by atoms with Crippen LogP contribution in [-0.2, 0) is 9.59 Å². The Bertz CT molecular complexity index is 614. The van der Waals surface area contributed by atoms with E-state index in [4.69, 9.17) is 0 Å². The van der Waals surface area contributed by atoms with E-state index in [1.54, 1.807) is 0 Å². The quantitative estimate of drug-likeness (QED) is 0.916. The molecule has 1 heterocycles. The van der Waals surface area contributed by atoms with Gasteiger partial charge in [0.2, 0.25) is 5.91 Å². The molecule has 1 saturated heterocycles. The topological polar surface area (TPSA) is 49.4 Å². The van der Waals surface area contributed by atoms with E-state index in [1.165, 1.54) is 5.69 Å². The van der Waals surface area contributed by atoms with Crippen LogP contribution in [0.1, 0.15) is 38.5 Å². The first-order chi connectivity index (χ1) is 12.2. The normalized spacial score (nSPS) is 31.8. The molecule has 4 rings (SSSR count). The molecule has 4 atom stereocenters. The lowest BCUT2D eigenvalue weighted by atomic mass is 9.67. The SMILES string of the molecule is O=C(NC[C@@H]1CCN(c2ccccc2)C1)C1C[C@H]2CCC[C@@H](C1)C2=O. The molecule has 0 aromatic heterocycles. The molecule has 134 valence electrons. The zero-order chi connectivity index (χ0) is 17.2. The Labute approximate surface area is 150 Å². The lowest BCUT2D eigenvalue weighted by Crippen LogP contribution is -2.43. The van der Waals surface area contributed by atoms with Crippen molar-refractivity contribution in [2.45, 2.75) is 38.5 Å². The fraction of sp³-hybridized carbons (Fsp3) is 0.619. The van der Waals surface area contributed by atoms with Gasteiger partial charge in [-0.3, -0.25) is 9.59 Å². The van der Waals surface area contributed by atoms with E-state index in [1.807, 2.05) is 6.07 Å². The third kappa shape index (κ3) is 3.58. The summed E-state index contributed by atoms with van der Waals surface area (Å²) in [5.41, 5.74) is 1.27. The fourth-order valence-corrected chi connectivity index (χ4v) is 4.96. The molecule has 0 spiro atoms. The molecule has 1 N–H and O–H groups in total. The van der Waals surface area contributed by atoms with E-state index in [0.29, 0.717) is 11.7 Å². The largest absolute Gasteiger partial charge is 0.371 e. The monoisotopic (exact) mass is 340 g/mol. The Morgan fingerprint density at radius 2 is 1.80 bits per heavy atom. The number of amides is 1. The molecule has 1 aliphatic heterocycles. The summed E-state index contributed by atoms with van der Waals surface area (Å²) in [7, 11) is 0. The van der Waals surface area contributed by atoms with Crippen molar-refractivity contribution < 1.29 is 9.59 Å². The summed E-state index contributed by atoms with van der Waals surface area (Å²) in [6.07, 6.45) is 5.84. The third-order valence-corrected chi connectivity index (χ3v) is 6.39. The highest BCUT2D eigenvalue weighted by molar-refractivity contribution is 5.88. The summed E-state index contributed by atoms with van der Waals surface area (Å²) in [6.45, 7) is 2.84. The van der Waals surface area contributed by atoms with Gasteiger partial charge in [0.25, 0.3) is 0 Å². The average Bonchev–Trinajstić information content (AvgIpc) is 3.09. The number of nitrogens with one attached hydrogen (secondary N) is 1. The second-order valence-electron chi connectivity index (χ2n) is 8.08. The molecule has 2 saturated carbocycles. The number of carbonyl (C=O) groups is 2. The number of fused-ring (bicyclic) bond motifs is 2. The predicted molar refractivity (Wildman–Crippen MR) is 98.3 cm³/mol. The summed E-state index contributed by atoms with van der Waals surface area (Å²) >= 11 is 0. The number of carbonyl (C=O) groups excluding carboxylic acids is 2. The fourth-order valence-electron chi connectivity index (χ4n) is 4.96. The molecule has 1 aromatic rings. The maximum absolute atomic E-state index is 12.6. The van der Waals surface area contributed by atoms with Gasteiger partial charge in [0.1, 0.15) is 5.78 Å². The lowest BCUT2D eigenvalue weighted by molar-refractivity contribution is -0.137. The number of hydrogen-bond acceptors (Lipinski definition) is 3. The summed E-state index contributed by atoms with van der Waals surface area (Å²) in [5.74, 6) is 1.51. The summed E-state index contributed by atoms with van der Waals surface area (Å²) in [6, 6.07) is 10.5. The Morgan fingerprint density at radius 1 is 1.08 bits per heavy atom. The van der Waals surface area contributed by atoms with Gasteiger partial charge in [0.05, 0.1) is 0 Å². The van der Waals surface area contributed by atoms with Gasteiger partial charge in [-0.2, -0.15) is 0 Å². The highest BCUT2D eigenvalue weighted by atomic mass is 16.2. The van der Waals surface area contributed by atoms with Gasteiger partial charge in [0, 0.05) is 43.1 Å². The minimum absolute atomic E-state index is 0.0552. The number of hydrogen-bond donors (Lipinski definition) is 1. The molecule has 3 aliphatic rings. The predicted octanol–water partition coefficient (Wildman–Crippen LogP) is 3.02. The van der Waals surface area contributed by atoms with Crippen molar-refractivity contribution in [1.29, 1.82) is 0 Å². The number of rotatable bonds is 4. The highest BCUT2D eigenvalue weighted by Gasteiger charge is 2.41. The minimum Gasteiger partial charge on any atom is -0.371 e. The number of Topliss-reactive ketones (excluding diaryl/α,β-unsaturated/α-hetero) is 1. The first-order valence-electron chi connectivity index (χ1n) is 9.82. The van der Waals surface area contributed by atoms with Gasteiger partial charge in [0.15, 0.2) is 0 Å². The molecule has 4 nitrogen and oxygen atoms in total. The van der Waals surface area contributed by atoms with Crippen molar-refractivity contribution >= 4 is 17.4 Å². The van der Waals surface area contributed by atoms with E-state index in [-0.39, 0.29) is 23.7 Å². The van der Waals surface area contributed by atoms with Gasteiger partial charge < -0.3 is 10.2 Å². The van der Waals surface area contributed by atoms with Crippen molar-refractivity contribution in [3.63, 3.8) is 0 Å². The van der Waals surface area contributed by atoms with E-state index in [2.05, 4.69) is 34.5 Å². The Balaban J connectivity index is 1.26. The molecular weight excluding hydrogens is 312 g/mol. The molecule has 2 aliphatic carbocycles. The van der Waals surface area contributed by atoms with Crippen LogP contribution < -0.4 is 10.2 Å². The number of anilines is 1. The van der Waals surface area contributed by atoms with Gasteiger partial charge in [-0.25, -0.2) is 0 Å². The van der Waals surface area contributed by atoms with Crippen LogP contribution in [0.2, 0.25) is 0 Å². The minimum atomic E-state index is 0.0552. The first kappa shape index (κ1) is 16.6. The summed E-state index contributed by atoms with van der Waals surface area (Å²) < 4.78 is 0. The van der Waals surface area contributed by atoms with E-state index >= 15 is 0 Å². The molecule has 2 bridgehead atoms. The molecular formula is C21H28N2O2. The van der Waals surface area contributed by atoms with Crippen molar-refractivity contribution in [2.75, 3.05) is 24.5 Å². The van der Waals surface area contributed by atoms with Crippen LogP contribution in [-0.4, -0.2) is 31.3 Å². The van der Waals surface area contributed by atoms with E-state index in [0.717, 1.165) is 58.2 Å². The maximum Gasteiger partial charge on any atom is 0.223 e. The van der Waals surface area contributed by atoms with Crippen LogP contribution in [0, 0.1) is 23.7 Å². The van der Waals surface area contributed by atoms with Crippen LogP contribution >= 0.6 is 0 Å². The van der Waals surface area contributed by atoms with Crippen molar-refractivity contribution in [1.82, 2.24) is 5.32 Å². The maximum atomic E-state index is 12.6. The number of ketones is 1. The molecule has 3 fully saturated rings. The second-order valence-corrected chi connectivity index (χ2v) is 8.08. The summed E-state index contributed by atoms with van der Waals surface area (Å²) in [5, 5.41) is 3.19. The van der Waals surface area contributed by atoms with E-state index < -0.39 is 0 Å². The Hall–Kier alpha value is -1.84. The first-order valence-corrected chi connectivity index (χ1v) is 9.82. The molecule has 1 amide bonds. The van der Waals surface area contributed by atoms with Gasteiger partial charge in [-0.1, -0.05) is 24.6 Å². The Kier molecular flexibility index (Phi) is 4.78. The van der Waals surface area contributed by atoms with Crippen LogP contribution in [0.4, 0.5) is 5.69 Å². The smallest absolute Gasteiger partial charge is 0.223 e. The Morgan fingerprint density at radius 3 is 2.52 bits per heavy atom. The zero-order valence-corrected chi connectivity index (χ0v) is 14.8. The second kappa shape index (κ2) is 7.19. The third-order valence-electron chi connectivity index (χ3n) is 6.39. The molecule has 25 heavy (non-hydrogen) atoms. The molecule has 4 heteroatoms. The van der Waals surface area contributed by atoms with Crippen LogP contribution in [0.15, 0.2) is 30.3 Å². The zero-order valence-electron chi connectivity index (χ0n) is 14.8. The number of para-hydroxylation sites is 1. The lowest BCUT2D eigenvalue weighted by Gasteiger charge is -2.37. The van der Waals surface area contributed by atoms with Gasteiger partial charge >= 0.3 is 0 Å². The van der Waals surface area contributed by atoms with Crippen LogP contribution in [0.25, 0.3) is 0 Å². The van der Waals surface area contributed by atoms with E-state index in [9.17, 15) is 9.59 Å². The number of benzene rings is 1. The number of nitrogens with zero attached hydrogens (tertiary/aromatic N) is 1. The van der Waals surface area contributed by atoms with Crippen molar-refractivity contribution in [3.05, 3.63) is 30.3 Å². The van der Waals surface area contributed by atoms with Crippen molar-refractivity contribution in [3.8, 4) is 0 Å². The molecule has 1 aromatic carbocycles. The van der Waals surface area contributed by atoms with Gasteiger partial charge in [-0.15, -0.1) is 0 Å². The van der Waals surface area contributed by atoms with Crippen LogP contribution in [0.5, 0.6) is 0 Å². The van der Waals surface area contributed by atoms with Crippen molar-refractivity contribution in [2.24, 2.45) is 23.7 Å². The standard InChI is InChI=1S/C21H28N2O2/c24-20-16-5-4-6-17(20)12-18(11-16)21(25)22-13-15-9-10-23(14-15)19-7-2-1-3-8-19/h1-3,7-8,15-18H,4-6,9-14H2,(H,22,25)/t15-,16-,17+,18?/m0/s1. The average molecular weight is 340 g/mol. The van der Waals surface area contributed by atoms with Gasteiger partial charge in [-0.05, 0) is 50.2 Å².